The average Bonchev–Trinajstić information content (AvgIpc) is 2.57. The van der Waals surface area contributed by atoms with Crippen molar-refractivity contribution in [2.75, 3.05) is 5.32 Å². The van der Waals surface area contributed by atoms with E-state index in [9.17, 15) is 0 Å². The molecule has 1 aromatic rings. The topological polar surface area (TPSA) is 63.7 Å². The highest BCUT2D eigenvalue weighted by molar-refractivity contribution is 6.01. The van der Waals surface area contributed by atoms with Gasteiger partial charge in [-0.3, -0.25) is 4.98 Å². The lowest BCUT2D eigenvalue weighted by molar-refractivity contribution is 1.24. The van der Waals surface area contributed by atoms with Gasteiger partial charge in [-0.25, -0.2) is 0 Å². The summed E-state index contributed by atoms with van der Waals surface area (Å²) in [7, 11) is 0. The van der Waals surface area contributed by atoms with Gasteiger partial charge in [0.25, 0.3) is 0 Å². The monoisotopic (exact) mass is 174 g/mol. The Morgan fingerprint density at radius 2 is 2.23 bits per heavy atom. The molecule has 5 heteroatoms. The Bertz CT molecular complexity index is 369. The van der Waals surface area contributed by atoms with Crippen molar-refractivity contribution >= 4 is 18.0 Å². The number of nitrogens with zero attached hydrogens (tertiary/aromatic N) is 4. The SMILES string of the molecule is Cc1cncc(NC2=NN=C[N]2)c1. The van der Waals surface area contributed by atoms with Gasteiger partial charge in [-0.2, -0.15) is 5.32 Å². The molecule has 0 fully saturated rings. The van der Waals surface area contributed by atoms with Gasteiger partial charge in [-0.05, 0) is 18.6 Å². The van der Waals surface area contributed by atoms with E-state index < -0.39 is 0 Å². The predicted molar refractivity (Wildman–Crippen MR) is 50.7 cm³/mol. The van der Waals surface area contributed by atoms with Crippen molar-refractivity contribution in [1.82, 2.24) is 10.3 Å². The third kappa shape index (κ3) is 1.81. The van der Waals surface area contributed by atoms with Crippen LogP contribution in [0.1, 0.15) is 5.56 Å². The van der Waals surface area contributed by atoms with E-state index in [1.807, 2.05) is 13.0 Å². The van der Waals surface area contributed by atoms with Gasteiger partial charge < -0.3 is 5.32 Å². The molecule has 0 amide bonds. The first-order chi connectivity index (χ1) is 6.34. The molecule has 1 aliphatic heterocycles. The zero-order valence-electron chi connectivity index (χ0n) is 7.10. The summed E-state index contributed by atoms with van der Waals surface area (Å²) in [4.78, 5) is 4.03. The highest BCUT2D eigenvalue weighted by Crippen LogP contribution is 2.07. The molecule has 0 spiro atoms. The van der Waals surface area contributed by atoms with Crippen molar-refractivity contribution < 1.29 is 0 Å². The lowest BCUT2D eigenvalue weighted by Crippen LogP contribution is -2.19. The van der Waals surface area contributed by atoms with E-state index in [0.29, 0.717) is 5.96 Å². The van der Waals surface area contributed by atoms with E-state index >= 15 is 0 Å². The van der Waals surface area contributed by atoms with Crippen LogP contribution in [0.2, 0.25) is 0 Å². The molecule has 0 saturated heterocycles. The number of hydrogen-bond donors (Lipinski definition) is 1. The zero-order valence-corrected chi connectivity index (χ0v) is 7.10. The molecule has 2 rings (SSSR count). The Hall–Kier alpha value is -1.91. The molecule has 1 radical (unpaired) electrons. The molecular weight excluding hydrogens is 166 g/mol. The fourth-order valence-electron chi connectivity index (χ4n) is 0.997. The molecule has 5 nitrogen and oxygen atoms in total. The van der Waals surface area contributed by atoms with Crippen molar-refractivity contribution in [3.63, 3.8) is 0 Å². The highest BCUT2D eigenvalue weighted by atomic mass is 15.4. The molecule has 1 aliphatic rings. The standard InChI is InChI=1S/C8H8N5/c1-6-2-7(4-9-3-6)12-8-10-5-11-13-8/h2-5H,1H3,(H,12,13). The van der Waals surface area contributed by atoms with Crippen LogP contribution in [0, 0.1) is 6.92 Å². The highest BCUT2D eigenvalue weighted by Gasteiger charge is 2.03. The minimum Gasteiger partial charge on any atom is -0.321 e. The normalized spacial score (nSPS) is 13.8. The maximum Gasteiger partial charge on any atom is 0.248 e. The van der Waals surface area contributed by atoms with E-state index in [1.54, 1.807) is 12.4 Å². The smallest absolute Gasteiger partial charge is 0.248 e. The number of aryl methyl sites for hydroxylation is 1. The summed E-state index contributed by atoms with van der Waals surface area (Å²) < 4.78 is 0. The van der Waals surface area contributed by atoms with E-state index in [0.717, 1.165) is 11.3 Å². The van der Waals surface area contributed by atoms with Crippen LogP contribution in [0.25, 0.3) is 0 Å². The van der Waals surface area contributed by atoms with Crippen LogP contribution >= 0.6 is 0 Å². The number of rotatable bonds is 1. The summed E-state index contributed by atoms with van der Waals surface area (Å²) in [6, 6.07) is 1.96. The van der Waals surface area contributed by atoms with Gasteiger partial charge in [0.05, 0.1) is 11.9 Å². The van der Waals surface area contributed by atoms with Crippen molar-refractivity contribution in [2.45, 2.75) is 6.92 Å². The zero-order chi connectivity index (χ0) is 9.10. The average molecular weight is 174 g/mol. The molecule has 0 aliphatic carbocycles. The molecule has 0 saturated carbocycles. The molecule has 0 bridgehead atoms. The van der Waals surface area contributed by atoms with E-state index in [2.05, 4.69) is 25.8 Å². The lowest BCUT2D eigenvalue weighted by atomic mass is 10.3. The molecule has 0 unspecified atom stereocenters. The third-order valence-electron chi connectivity index (χ3n) is 1.52. The van der Waals surface area contributed by atoms with Crippen LogP contribution < -0.4 is 10.6 Å². The summed E-state index contributed by atoms with van der Waals surface area (Å²) >= 11 is 0. The van der Waals surface area contributed by atoms with E-state index in [1.165, 1.54) is 6.34 Å². The number of aromatic nitrogens is 1. The minimum absolute atomic E-state index is 0.493. The first-order valence-electron chi connectivity index (χ1n) is 3.83. The molecular formula is C8H8N5. The van der Waals surface area contributed by atoms with Crippen LogP contribution in [0.15, 0.2) is 28.7 Å². The molecule has 0 aromatic carbocycles. The molecule has 1 N–H and O–H groups in total. The Labute approximate surface area is 75.6 Å². The van der Waals surface area contributed by atoms with Gasteiger partial charge in [0.2, 0.25) is 5.96 Å². The summed E-state index contributed by atoms with van der Waals surface area (Å²) in [5, 5.41) is 14.2. The number of hydrogen-bond acceptors (Lipinski definition) is 4. The quantitative estimate of drug-likeness (QED) is 0.681. The van der Waals surface area contributed by atoms with Crippen molar-refractivity contribution in [2.24, 2.45) is 10.2 Å². The summed E-state index contributed by atoms with van der Waals surface area (Å²) in [5.74, 6) is 0.493. The van der Waals surface area contributed by atoms with E-state index in [4.69, 9.17) is 0 Å². The third-order valence-corrected chi connectivity index (χ3v) is 1.52. The van der Waals surface area contributed by atoms with Crippen LogP contribution in [-0.4, -0.2) is 17.3 Å². The second-order valence-corrected chi connectivity index (χ2v) is 2.66. The van der Waals surface area contributed by atoms with Gasteiger partial charge in [0.15, 0.2) is 0 Å². The Kier molecular flexibility index (Phi) is 1.91. The van der Waals surface area contributed by atoms with Gasteiger partial charge >= 0.3 is 0 Å². The summed E-state index contributed by atoms with van der Waals surface area (Å²) in [6.45, 7) is 1.97. The van der Waals surface area contributed by atoms with Gasteiger partial charge in [0.1, 0.15) is 6.34 Å². The first kappa shape index (κ1) is 7.72. The van der Waals surface area contributed by atoms with Crippen LogP contribution in [0.3, 0.4) is 0 Å². The molecule has 2 heterocycles. The van der Waals surface area contributed by atoms with E-state index in [-0.39, 0.29) is 0 Å². The van der Waals surface area contributed by atoms with Gasteiger partial charge in [-0.15, -0.1) is 10.2 Å². The number of guanidine groups is 1. The summed E-state index contributed by atoms with van der Waals surface area (Å²) in [5.41, 5.74) is 1.96. The van der Waals surface area contributed by atoms with Crippen LogP contribution in [0.4, 0.5) is 5.69 Å². The molecule has 1 aromatic heterocycles. The lowest BCUT2D eigenvalue weighted by Gasteiger charge is -2.03. The van der Waals surface area contributed by atoms with Crippen molar-refractivity contribution in [1.29, 1.82) is 0 Å². The first-order valence-corrected chi connectivity index (χ1v) is 3.83. The second-order valence-electron chi connectivity index (χ2n) is 2.66. The second kappa shape index (κ2) is 3.22. The maximum atomic E-state index is 4.03. The fraction of sp³-hybridized carbons (Fsp3) is 0.125. The predicted octanol–water partition coefficient (Wildman–Crippen LogP) is 0.719. The molecule has 65 valence electrons. The number of pyridine rings is 1. The fourth-order valence-corrected chi connectivity index (χ4v) is 0.997. The number of nitrogens with one attached hydrogen (secondary N) is 1. The van der Waals surface area contributed by atoms with Crippen molar-refractivity contribution in [3.05, 3.63) is 24.0 Å². The Morgan fingerprint density at radius 3 is 2.92 bits per heavy atom. The Balaban J connectivity index is 2.10. The number of anilines is 1. The van der Waals surface area contributed by atoms with Crippen LogP contribution in [-0.2, 0) is 0 Å². The van der Waals surface area contributed by atoms with Crippen molar-refractivity contribution in [3.8, 4) is 0 Å². The maximum absolute atomic E-state index is 4.03. The largest absolute Gasteiger partial charge is 0.321 e. The van der Waals surface area contributed by atoms with Crippen LogP contribution in [0.5, 0.6) is 0 Å². The summed E-state index contributed by atoms with van der Waals surface area (Å²) in [6.07, 6.45) is 4.89. The van der Waals surface area contributed by atoms with Gasteiger partial charge in [-0.1, -0.05) is 0 Å². The molecule has 13 heavy (non-hydrogen) atoms. The van der Waals surface area contributed by atoms with Gasteiger partial charge in [0, 0.05) is 6.20 Å². The minimum atomic E-state index is 0.493. The Morgan fingerprint density at radius 1 is 1.31 bits per heavy atom. The molecule has 0 atom stereocenters.